The zero-order chi connectivity index (χ0) is 23.0. The molecule has 5 nitrogen and oxygen atoms in total. The van der Waals surface area contributed by atoms with E-state index in [1.165, 1.54) is 6.07 Å². The summed E-state index contributed by atoms with van der Waals surface area (Å²) in [6, 6.07) is 15.3. The zero-order valence-electron chi connectivity index (χ0n) is 17.7. The summed E-state index contributed by atoms with van der Waals surface area (Å²) in [5, 5.41) is 3.03. The number of carbonyl (C=O) groups is 2. The topological polar surface area (TPSA) is 58.6 Å². The number of aryl methyl sites for hydroxylation is 2. The molecule has 162 valence electrons. The number of amides is 2. The fraction of sp³-hybridized carbons (Fsp3) is 0.120. The molecule has 0 fully saturated rings. The Bertz CT molecular complexity index is 1270. The van der Waals surface area contributed by atoms with Crippen molar-refractivity contribution in [1.29, 1.82) is 0 Å². The number of nitrogens with zero attached hydrogens (tertiary/aromatic N) is 1. The van der Waals surface area contributed by atoms with E-state index < -0.39 is 23.4 Å². The van der Waals surface area contributed by atoms with E-state index in [2.05, 4.69) is 5.32 Å². The molecule has 0 bridgehead atoms. The lowest BCUT2D eigenvalue weighted by Crippen LogP contribution is -2.32. The lowest BCUT2D eigenvalue weighted by Gasteiger charge is -2.16. The predicted molar refractivity (Wildman–Crippen MR) is 118 cm³/mol. The number of nitrogens with one attached hydrogen (secondary N) is 1. The van der Waals surface area contributed by atoms with E-state index in [0.717, 1.165) is 28.2 Å². The number of anilines is 2. The van der Waals surface area contributed by atoms with Crippen LogP contribution in [0.3, 0.4) is 0 Å². The summed E-state index contributed by atoms with van der Waals surface area (Å²) in [5.41, 5.74) is 3.12. The third-order valence-corrected chi connectivity index (χ3v) is 5.26. The fourth-order valence-corrected chi connectivity index (χ4v) is 3.67. The van der Waals surface area contributed by atoms with E-state index in [9.17, 15) is 18.4 Å². The van der Waals surface area contributed by atoms with Crippen molar-refractivity contribution < 1.29 is 23.1 Å². The highest BCUT2D eigenvalue weighted by molar-refractivity contribution is 6.46. The Morgan fingerprint density at radius 2 is 1.56 bits per heavy atom. The molecule has 1 aliphatic heterocycles. The van der Waals surface area contributed by atoms with Gasteiger partial charge in [0.1, 0.15) is 11.4 Å². The van der Waals surface area contributed by atoms with Crippen LogP contribution in [0, 0.1) is 25.5 Å². The molecule has 4 rings (SSSR count). The molecule has 32 heavy (non-hydrogen) atoms. The van der Waals surface area contributed by atoms with Crippen molar-refractivity contribution in [3.05, 3.63) is 94.7 Å². The van der Waals surface area contributed by atoms with Crippen molar-refractivity contribution in [2.24, 2.45) is 0 Å². The van der Waals surface area contributed by atoms with E-state index in [0.29, 0.717) is 17.0 Å². The molecule has 0 spiro atoms. The average Bonchev–Trinajstić information content (AvgIpc) is 3.00. The molecule has 1 heterocycles. The van der Waals surface area contributed by atoms with Crippen LogP contribution >= 0.6 is 0 Å². The van der Waals surface area contributed by atoms with Gasteiger partial charge in [-0.05, 0) is 61.4 Å². The molecule has 3 aromatic rings. The highest BCUT2D eigenvalue weighted by Gasteiger charge is 2.41. The summed E-state index contributed by atoms with van der Waals surface area (Å²) in [5.74, 6) is -2.85. The number of rotatable bonds is 5. The first-order valence-electron chi connectivity index (χ1n) is 9.87. The van der Waals surface area contributed by atoms with E-state index in [-0.39, 0.29) is 17.0 Å². The molecule has 0 saturated carbocycles. The van der Waals surface area contributed by atoms with Crippen molar-refractivity contribution in [3.63, 3.8) is 0 Å². The van der Waals surface area contributed by atoms with Gasteiger partial charge >= 0.3 is 0 Å². The maximum Gasteiger partial charge on any atom is 0.282 e. The van der Waals surface area contributed by atoms with Gasteiger partial charge in [0.25, 0.3) is 11.8 Å². The van der Waals surface area contributed by atoms with Gasteiger partial charge in [0.15, 0.2) is 11.6 Å². The minimum atomic E-state index is -1.15. The maximum absolute atomic E-state index is 13.9. The monoisotopic (exact) mass is 434 g/mol. The third kappa shape index (κ3) is 3.73. The summed E-state index contributed by atoms with van der Waals surface area (Å²) in [6.07, 6.45) is 0. The van der Waals surface area contributed by atoms with E-state index in [1.54, 1.807) is 37.4 Å². The molecule has 0 aliphatic carbocycles. The number of carbonyl (C=O) groups excluding carboxylic acids is 2. The van der Waals surface area contributed by atoms with Crippen LogP contribution in [0.15, 0.2) is 66.4 Å². The smallest absolute Gasteiger partial charge is 0.282 e. The SMILES string of the molecule is COc1ccc(NC2=C(c3ccc(C)cc3C)C(=O)N(c3ccc(F)c(F)c3)C2=O)cc1. The molecular weight excluding hydrogens is 414 g/mol. The van der Waals surface area contributed by atoms with Crippen molar-refractivity contribution in [1.82, 2.24) is 0 Å². The Labute approximate surface area is 183 Å². The second-order valence-electron chi connectivity index (χ2n) is 7.47. The molecule has 1 aliphatic rings. The van der Waals surface area contributed by atoms with Gasteiger partial charge in [-0.25, -0.2) is 13.7 Å². The second-order valence-corrected chi connectivity index (χ2v) is 7.47. The Hall–Kier alpha value is -4.00. The summed E-state index contributed by atoms with van der Waals surface area (Å²) in [4.78, 5) is 27.6. The van der Waals surface area contributed by atoms with Crippen LogP contribution in [0.5, 0.6) is 5.75 Å². The number of hydrogen-bond acceptors (Lipinski definition) is 4. The Morgan fingerprint density at radius 3 is 2.19 bits per heavy atom. The first-order chi connectivity index (χ1) is 15.3. The molecule has 7 heteroatoms. The number of benzene rings is 3. The number of ether oxygens (including phenoxy) is 1. The Balaban J connectivity index is 1.83. The third-order valence-electron chi connectivity index (χ3n) is 5.26. The number of hydrogen-bond donors (Lipinski definition) is 1. The molecule has 0 unspecified atom stereocenters. The second kappa shape index (κ2) is 8.26. The lowest BCUT2D eigenvalue weighted by molar-refractivity contribution is -0.120. The number of methoxy groups -OCH3 is 1. The molecule has 0 atom stereocenters. The molecular formula is C25H20F2N2O3. The quantitative estimate of drug-likeness (QED) is 0.575. The van der Waals surface area contributed by atoms with Crippen LogP contribution in [-0.2, 0) is 9.59 Å². The van der Waals surface area contributed by atoms with Crippen LogP contribution in [-0.4, -0.2) is 18.9 Å². The first-order valence-corrected chi connectivity index (χ1v) is 9.87. The Morgan fingerprint density at radius 1 is 0.844 bits per heavy atom. The number of halogens is 2. The summed E-state index contributed by atoms with van der Waals surface area (Å²) in [7, 11) is 1.54. The highest BCUT2D eigenvalue weighted by Crippen LogP contribution is 2.35. The van der Waals surface area contributed by atoms with Gasteiger partial charge in [-0.3, -0.25) is 9.59 Å². The molecule has 0 radical (unpaired) electrons. The van der Waals surface area contributed by atoms with E-state index >= 15 is 0 Å². The molecule has 0 saturated heterocycles. The highest BCUT2D eigenvalue weighted by atomic mass is 19.2. The maximum atomic E-state index is 13.9. The van der Waals surface area contributed by atoms with Crippen molar-refractivity contribution >= 4 is 28.8 Å². The van der Waals surface area contributed by atoms with Crippen LogP contribution in [0.25, 0.3) is 5.57 Å². The minimum absolute atomic E-state index is 0.0484. The van der Waals surface area contributed by atoms with Crippen LogP contribution in [0.2, 0.25) is 0 Å². The summed E-state index contributed by atoms with van der Waals surface area (Å²) in [6.45, 7) is 3.77. The fourth-order valence-electron chi connectivity index (χ4n) is 3.67. The molecule has 1 N–H and O–H groups in total. The van der Waals surface area contributed by atoms with Crippen molar-refractivity contribution in [2.75, 3.05) is 17.3 Å². The summed E-state index contributed by atoms with van der Waals surface area (Å²) >= 11 is 0. The van der Waals surface area contributed by atoms with Crippen molar-refractivity contribution in [3.8, 4) is 5.75 Å². The van der Waals surface area contributed by atoms with Gasteiger partial charge in [-0.1, -0.05) is 23.8 Å². The van der Waals surface area contributed by atoms with E-state index in [4.69, 9.17) is 4.74 Å². The standard InChI is InChI=1S/C25H20F2N2O3/c1-14-4-10-19(15(2)12-14)22-23(28-16-5-8-18(32-3)9-6-16)25(31)29(24(22)30)17-7-11-20(26)21(27)13-17/h4-13,28H,1-3H3. The molecule has 2 amide bonds. The van der Waals surface area contributed by atoms with Gasteiger partial charge in [-0.2, -0.15) is 0 Å². The summed E-state index contributed by atoms with van der Waals surface area (Å²) < 4.78 is 32.5. The van der Waals surface area contributed by atoms with Crippen LogP contribution in [0.1, 0.15) is 16.7 Å². The zero-order valence-corrected chi connectivity index (χ0v) is 17.7. The van der Waals surface area contributed by atoms with Crippen LogP contribution < -0.4 is 15.0 Å². The van der Waals surface area contributed by atoms with Crippen molar-refractivity contribution in [2.45, 2.75) is 13.8 Å². The van der Waals surface area contributed by atoms with Gasteiger partial charge < -0.3 is 10.1 Å². The van der Waals surface area contributed by atoms with Gasteiger partial charge in [-0.15, -0.1) is 0 Å². The average molecular weight is 434 g/mol. The Kier molecular flexibility index (Phi) is 5.48. The number of imide groups is 1. The first kappa shape index (κ1) is 21.2. The normalized spacial score (nSPS) is 13.7. The predicted octanol–water partition coefficient (Wildman–Crippen LogP) is 4.99. The largest absolute Gasteiger partial charge is 0.497 e. The minimum Gasteiger partial charge on any atom is -0.497 e. The molecule has 0 aromatic heterocycles. The van der Waals surface area contributed by atoms with E-state index in [1.807, 2.05) is 26.0 Å². The van der Waals surface area contributed by atoms with Gasteiger partial charge in [0.05, 0.1) is 18.4 Å². The van der Waals surface area contributed by atoms with Gasteiger partial charge in [0.2, 0.25) is 0 Å². The van der Waals surface area contributed by atoms with Gasteiger partial charge in [0, 0.05) is 11.8 Å². The van der Waals surface area contributed by atoms with Crippen LogP contribution in [0.4, 0.5) is 20.2 Å². The lowest BCUT2D eigenvalue weighted by atomic mass is 9.97. The molecule has 3 aromatic carbocycles.